The molecule has 0 unspecified atom stereocenters. The summed E-state index contributed by atoms with van der Waals surface area (Å²) in [4.78, 5) is 11.4. The van der Waals surface area contributed by atoms with Crippen LogP contribution in [0.1, 0.15) is 10.4 Å². The summed E-state index contributed by atoms with van der Waals surface area (Å²) < 4.78 is 9.74. The Balaban J connectivity index is 2.42. The van der Waals surface area contributed by atoms with Crippen molar-refractivity contribution >= 4 is 5.97 Å². The molecule has 0 atom stereocenters. The van der Waals surface area contributed by atoms with E-state index in [0.717, 1.165) is 5.56 Å². The van der Waals surface area contributed by atoms with Gasteiger partial charge in [-0.2, -0.15) is 0 Å². The molecule has 0 saturated heterocycles. The quantitative estimate of drug-likeness (QED) is 0.860. The second-order valence-electron chi connectivity index (χ2n) is 3.96. The number of phenols is 1. The molecule has 0 amide bonds. The lowest BCUT2D eigenvalue weighted by Crippen LogP contribution is -2.00. The minimum atomic E-state index is -0.479. The molecule has 0 saturated carbocycles. The van der Waals surface area contributed by atoms with Crippen molar-refractivity contribution in [2.75, 3.05) is 14.2 Å². The number of carbonyl (C=O) groups is 1. The van der Waals surface area contributed by atoms with Crippen LogP contribution in [-0.2, 0) is 4.74 Å². The van der Waals surface area contributed by atoms with Gasteiger partial charge in [0.25, 0.3) is 0 Å². The summed E-state index contributed by atoms with van der Waals surface area (Å²) in [5.41, 5.74) is 1.76. The number of aromatic hydroxyl groups is 1. The number of ether oxygens (including phenoxy) is 2. The predicted molar refractivity (Wildman–Crippen MR) is 71.4 cm³/mol. The van der Waals surface area contributed by atoms with Crippen molar-refractivity contribution < 1.29 is 19.4 Å². The molecule has 2 aromatic carbocycles. The Morgan fingerprint density at radius 3 is 2.53 bits per heavy atom. The highest BCUT2D eigenvalue weighted by atomic mass is 16.5. The van der Waals surface area contributed by atoms with Gasteiger partial charge in [0.05, 0.1) is 19.8 Å². The molecular formula is C15H14O4. The molecule has 2 rings (SSSR count). The van der Waals surface area contributed by atoms with Crippen molar-refractivity contribution in [1.82, 2.24) is 0 Å². The number of phenolic OH excluding ortho intramolecular Hbond substituents is 1. The van der Waals surface area contributed by atoms with Gasteiger partial charge in [0.15, 0.2) is 0 Å². The van der Waals surface area contributed by atoms with Crippen LogP contribution in [0.4, 0.5) is 0 Å². The standard InChI is InChI=1S/C15H14O4/c1-18-12-5-3-4-10(8-12)13-7-6-11(9-14(13)16)15(17)19-2/h3-9,16H,1-2H3. The maximum atomic E-state index is 11.4. The van der Waals surface area contributed by atoms with Crippen LogP contribution in [0.2, 0.25) is 0 Å². The van der Waals surface area contributed by atoms with Gasteiger partial charge < -0.3 is 14.6 Å². The van der Waals surface area contributed by atoms with E-state index >= 15 is 0 Å². The Kier molecular flexibility index (Phi) is 3.71. The molecule has 4 heteroatoms. The molecule has 19 heavy (non-hydrogen) atoms. The van der Waals surface area contributed by atoms with Gasteiger partial charge in [-0.25, -0.2) is 4.79 Å². The molecule has 98 valence electrons. The predicted octanol–water partition coefficient (Wildman–Crippen LogP) is 2.85. The number of hydrogen-bond acceptors (Lipinski definition) is 4. The molecule has 0 aliphatic rings. The van der Waals surface area contributed by atoms with Gasteiger partial charge in [0.1, 0.15) is 11.5 Å². The van der Waals surface area contributed by atoms with Crippen molar-refractivity contribution in [2.45, 2.75) is 0 Å². The number of rotatable bonds is 3. The molecule has 0 bridgehead atoms. The zero-order valence-corrected chi connectivity index (χ0v) is 10.7. The molecule has 0 aliphatic carbocycles. The van der Waals surface area contributed by atoms with E-state index in [-0.39, 0.29) is 5.75 Å². The van der Waals surface area contributed by atoms with Crippen LogP contribution < -0.4 is 4.74 Å². The highest BCUT2D eigenvalue weighted by Gasteiger charge is 2.10. The summed E-state index contributed by atoms with van der Waals surface area (Å²) in [7, 11) is 2.88. The second kappa shape index (κ2) is 5.44. The molecule has 4 nitrogen and oxygen atoms in total. The van der Waals surface area contributed by atoms with Crippen molar-refractivity contribution in [1.29, 1.82) is 0 Å². The Labute approximate surface area is 111 Å². The third kappa shape index (κ3) is 2.68. The van der Waals surface area contributed by atoms with Gasteiger partial charge >= 0.3 is 5.97 Å². The summed E-state index contributed by atoms with van der Waals surface area (Å²) in [5.74, 6) is 0.248. The number of benzene rings is 2. The highest BCUT2D eigenvalue weighted by Crippen LogP contribution is 2.32. The number of hydrogen-bond donors (Lipinski definition) is 1. The van der Waals surface area contributed by atoms with E-state index in [2.05, 4.69) is 4.74 Å². The van der Waals surface area contributed by atoms with Gasteiger partial charge in [0.2, 0.25) is 0 Å². The average molecular weight is 258 g/mol. The summed E-state index contributed by atoms with van der Waals surface area (Å²) in [6.45, 7) is 0. The lowest BCUT2D eigenvalue weighted by molar-refractivity contribution is 0.0600. The highest BCUT2D eigenvalue weighted by molar-refractivity contribution is 5.91. The summed E-state index contributed by atoms with van der Waals surface area (Å²) in [6, 6.07) is 12.0. The first kappa shape index (κ1) is 13.0. The SMILES string of the molecule is COC(=O)c1ccc(-c2cccc(OC)c2)c(O)c1. The Morgan fingerprint density at radius 2 is 1.89 bits per heavy atom. The van der Waals surface area contributed by atoms with Crippen molar-refractivity contribution in [2.24, 2.45) is 0 Å². The normalized spacial score (nSPS) is 10.0. The zero-order chi connectivity index (χ0) is 13.8. The fourth-order valence-electron chi connectivity index (χ4n) is 1.81. The molecule has 0 fully saturated rings. The van der Waals surface area contributed by atoms with Gasteiger partial charge in [-0.3, -0.25) is 0 Å². The molecule has 0 radical (unpaired) electrons. The van der Waals surface area contributed by atoms with E-state index in [4.69, 9.17) is 4.74 Å². The summed E-state index contributed by atoms with van der Waals surface area (Å²) >= 11 is 0. The number of esters is 1. The molecule has 0 aromatic heterocycles. The first-order chi connectivity index (χ1) is 9.15. The van der Waals surface area contributed by atoms with Crippen molar-refractivity contribution in [3.05, 3.63) is 48.0 Å². The molecule has 2 aromatic rings. The van der Waals surface area contributed by atoms with Gasteiger partial charge in [-0.15, -0.1) is 0 Å². The fourth-order valence-corrected chi connectivity index (χ4v) is 1.81. The smallest absolute Gasteiger partial charge is 0.337 e. The largest absolute Gasteiger partial charge is 0.507 e. The zero-order valence-electron chi connectivity index (χ0n) is 10.7. The van der Waals surface area contributed by atoms with Crippen LogP contribution in [-0.4, -0.2) is 25.3 Å². The van der Waals surface area contributed by atoms with Crippen LogP contribution in [0.25, 0.3) is 11.1 Å². The lowest BCUT2D eigenvalue weighted by Gasteiger charge is -2.08. The topological polar surface area (TPSA) is 55.8 Å². The first-order valence-corrected chi connectivity index (χ1v) is 5.71. The first-order valence-electron chi connectivity index (χ1n) is 5.71. The molecule has 0 spiro atoms. The van der Waals surface area contributed by atoms with Crippen LogP contribution >= 0.6 is 0 Å². The van der Waals surface area contributed by atoms with Gasteiger partial charge in [-0.05, 0) is 35.9 Å². The minimum absolute atomic E-state index is 0.0242. The van der Waals surface area contributed by atoms with Gasteiger partial charge in [-0.1, -0.05) is 12.1 Å². The third-order valence-corrected chi connectivity index (χ3v) is 2.80. The third-order valence-electron chi connectivity index (χ3n) is 2.80. The minimum Gasteiger partial charge on any atom is -0.507 e. The van der Waals surface area contributed by atoms with E-state index in [1.807, 2.05) is 24.3 Å². The van der Waals surface area contributed by atoms with E-state index < -0.39 is 5.97 Å². The lowest BCUT2D eigenvalue weighted by atomic mass is 10.0. The summed E-state index contributed by atoms with van der Waals surface area (Å²) in [5, 5.41) is 10.0. The number of carbonyl (C=O) groups excluding carboxylic acids is 1. The second-order valence-corrected chi connectivity index (χ2v) is 3.96. The van der Waals surface area contributed by atoms with Crippen molar-refractivity contribution in [3.8, 4) is 22.6 Å². The summed E-state index contributed by atoms with van der Waals surface area (Å²) in [6.07, 6.45) is 0. The van der Waals surface area contributed by atoms with E-state index in [9.17, 15) is 9.90 Å². The Morgan fingerprint density at radius 1 is 1.11 bits per heavy atom. The van der Waals surface area contributed by atoms with Crippen LogP contribution in [0.15, 0.2) is 42.5 Å². The Hall–Kier alpha value is -2.49. The van der Waals surface area contributed by atoms with Gasteiger partial charge in [0, 0.05) is 5.56 Å². The molecule has 1 N–H and O–H groups in total. The maximum Gasteiger partial charge on any atom is 0.337 e. The van der Waals surface area contributed by atoms with E-state index in [1.54, 1.807) is 19.2 Å². The van der Waals surface area contributed by atoms with Crippen LogP contribution in [0.3, 0.4) is 0 Å². The number of methoxy groups -OCH3 is 2. The van der Waals surface area contributed by atoms with Crippen LogP contribution in [0, 0.1) is 0 Å². The van der Waals surface area contributed by atoms with Crippen LogP contribution in [0.5, 0.6) is 11.5 Å². The van der Waals surface area contributed by atoms with E-state index in [0.29, 0.717) is 16.9 Å². The monoisotopic (exact) mass is 258 g/mol. The molecular weight excluding hydrogens is 244 g/mol. The Bertz CT molecular complexity index is 605. The van der Waals surface area contributed by atoms with Crippen molar-refractivity contribution in [3.63, 3.8) is 0 Å². The molecule has 0 aliphatic heterocycles. The molecule has 0 heterocycles. The average Bonchev–Trinajstić information content (AvgIpc) is 2.46. The van der Waals surface area contributed by atoms with E-state index in [1.165, 1.54) is 13.2 Å². The fraction of sp³-hybridized carbons (Fsp3) is 0.133. The maximum absolute atomic E-state index is 11.4.